The second-order valence-electron chi connectivity index (χ2n) is 5.19. The van der Waals surface area contributed by atoms with Gasteiger partial charge in [-0.15, -0.1) is 0 Å². The molecular weight excluding hydrogens is 314 g/mol. The van der Waals surface area contributed by atoms with Gasteiger partial charge in [-0.1, -0.05) is 26.1 Å². The van der Waals surface area contributed by atoms with Gasteiger partial charge in [0, 0.05) is 5.56 Å². The lowest BCUT2D eigenvalue weighted by Gasteiger charge is -2.18. The summed E-state index contributed by atoms with van der Waals surface area (Å²) < 4.78 is 11.2. The van der Waals surface area contributed by atoms with Crippen molar-refractivity contribution in [3.8, 4) is 17.2 Å². The van der Waals surface area contributed by atoms with Crippen LogP contribution in [0.2, 0.25) is 0 Å². The van der Waals surface area contributed by atoms with E-state index in [2.05, 4.69) is 9.97 Å². The number of thiocarbonyl (C=S) groups is 1. The Morgan fingerprint density at radius 2 is 1.87 bits per heavy atom. The third kappa shape index (κ3) is 3.59. The lowest BCUT2D eigenvalue weighted by atomic mass is 9.99. The summed E-state index contributed by atoms with van der Waals surface area (Å²) in [4.78, 5) is 7.98. The first-order chi connectivity index (χ1) is 10.8. The average molecular weight is 333 g/mol. The summed E-state index contributed by atoms with van der Waals surface area (Å²) in [5, 5.41) is 0. The first-order valence-corrected chi connectivity index (χ1v) is 7.31. The second-order valence-corrected chi connectivity index (χ2v) is 5.63. The number of rotatable bonds is 5. The molecule has 2 aromatic rings. The van der Waals surface area contributed by atoms with Gasteiger partial charge in [0.2, 0.25) is 5.95 Å². The molecule has 0 saturated carbocycles. The molecule has 6 N–H and O–H groups in total. The summed E-state index contributed by atoms with van der Waals surface area (Å²) in [5.41, 5.74) is 18.6. The van der Waals surface area contributed by atoms with Crippen LogP contribution in [0.1, 0.15) is 30.9 Å². The maximum atomic E-state index is 5.87. The Morgan fingerprint density at radius 1 is 1.17 bits per heavy atom. The van der Waals surface area contributed by atoms with Crippen LogP contribution in [-0.2, 0) is 0 Å². The Bertz CT molecular complexity index is 749. The Hall–Kier alpha value is -2.61. The number of anilines is 2. The Kier molecular flexibility index (Phi) is 4.85. The maximum Gasteiger partial charge on any atom is 0.222 e. The molecule has 0 unspecified atom stereocenters. The van der Waals surface area contributed by atoms with Crippen LogP contribution in [0.4, 0.5) is 11.8 Å². The molecular formula is C15H19N5O2S. The third-order valence-corrected chi connectivity index (χ3v) is 3.46. The summed E-state index contributed by atoms with van der Waals surface area (Å²) >= 11 is 5.07. The fourth-order valence-electron chi connectivity index (χ4n) is 2.07. The minimum Gasteiger partial charge on any atom is -0.496 e. The highest BCUT2D eigenvalue weighted by molar-refractivity contribution is 7.80. The second kappa shape index (κ2) is 6.66. The first kappa shape index (κ1) is 16.8. The number of aromatic nitrogens is 2. The van der Waals surface area contributed by atoms with E-state index in [0.717, 1.165) is 5.56 Å². The summed E-state index contributed by atoms with van der Waals surface area (Å²) in [6, 6.07) is 3.58. The normalized spacial score (nSPS) is 10.6. The lowest BCUT2D eigenvalue weighted by Crippen LogP contribution is -2.12. The van der Waals surface area contributed by atoms with Crippen LogP contribution in [0.3, 0.4) is 0 Å². The maximum absolute atomic E-state index is 5.87. The quantitative estimate of drug-likeness (QED) is 0.712. The van der Waals surface area contributed by atoms with Crippen molar-refractivity contribution in [2.75, 3.05) is 18.6 Å². The van der Waals surface area contributed by atoms with E-state index in [4.69, 9.17) is 38.9 Å². The minimum absolute atomic E-state index is 0.0810. The van der Waals surface area contributed by atoms with Crippen molar-refractivity contribution < 1.29 is 9.47 Å². The van der Waals surface area contributed by atoms with E-state index in [1.165, 1.54) is 6.20 Å². The highest BCUT2D eigenvalue weighted by atomic mass is 32.1. The number of hydrogen-bond donors (Lipinski definition) is 3. The largest absolute Gasteiger partial charge is 0.496 e. The van der Waals surface area contributed by atoms with E-state index in [-0.39, 0.29) is 22.7 Å². The molecule has 0 spiro atoms. The number of nitrogens with zero attached hydrogens (tertiary/aromatic N) is 2. The standard InChI is InChI=1S/C15H19N5O2S/c1-7(2)8-4-10(21-3)9(14(17)23)5-11(8)22-12-6-19-15(18)20-13(12)16/h4-7H,1-3H3,(H2,17,23)(H4,16,18,19,20). The molecule has 0 atom stereocenters. The molecule has 0 bridgehead atoms. The predicted octanol–water partition coefficient (Wildman–Crippen LogP) is 2.20. The fourth-order valence-corrected chi connectivity index (χ4v) is 2.23. The molecule has 0 aliphatic carbocycles. The van der Waals surface area contributed by atoms with Crippen molar-refractivity contribution in [3.05, 3.63) is 29.5 Å². The van der Waals surface area contributed by atoms with Gasteiger partial charge in [0.05, 0.1) is 18.9 Å². The molecule has 1 aromatic heterocycles. The fraction of sp³-hybridized carbons (Fsp3) is 0.267. The smallest absolute Gasteiger partial charge is 0.222 e. The van der Waals surface area contributed by atoms with Gasteiger partial charge in [-0.3, -0.25) is 0 Å². The van der Waals surface area contributed by atoms with Gasteiger partial charge in [-0.05, 0) is 18.1 Å². The molecule has 0 aliphatic heterocycles. The minimum atomic E-state index is 0.0810. The molecule has 7 nitrogen and oxygen atoms in total. The van der Waals surface area contributed by atoms with E-state index < -0.39 is 0 Å². The highest BCUT2D eigenvalue weighted by Gasteiger charge is 2.17. The zero-order valence-electron chi connectivity index (χ0n) is 13.2. The summed E-state index contributed by atoms with van der Waals surface area (Å²) in [6.45, 7) is 4.07. The van der Waals surface area contributed by atoms with Gasteiger partial charge in [0.25, 0.3) is 0 Å². The van der Waals surface area contributed by atoms with Crippen LogP contribution in [-0.4, -0.2) is 22.1 Å². The van der Waals surface area contributed by atoms with Crippen molar-refractivity contribution in [2.45, 2.75) is 19.8 Å². The zero-order chi connectivity index (χ0) is 17.1. The monoisotopic (exact) mass is 333 g/mol. The molecule has 0 amide bonds. The Morgan fingerprint density at radius 3 is 2.39 bits per heavy atom. The van der Waals surface area contributed by atoms with Gasteiger partial charge in [0.1, 0.15) is 16.5 Å². The number of benzene rings is 1. The number of ether oxygens (including phenoxy) is 2. The number of methoxy groups -OCH3 is 1. The van der Waals surface area contributed by atoms with E-state index in [1.807, 2.05) is 19.9 Å². The van der Waals surface area contributed by atoms with Crippen LogP contribution < -0.4 is 26.7 Å². The summed E-state index contributed by atoms with van der Waals surface area (Å²) in [6.07, 6.45) is 1.42. The average Bonchev–Trinajstić information content (AvgIpc) is 2.49. The Labute approximate surface area is 139 Å². The van der Waals surface area contributed by atoms with Crippen LogP contribution >= 0.6 is 12.2 Å². The predicted molar refractivity (Wildman–Crippen MR) is 93.9 cm³/mol. The van der Waals surface area contributed by atoms with Gasteiger partial charge in [0.15, 0.2) is 11.6 Å². The van der Waals surface area contributed by atoms with Gasteiger partial charge < -0.3 is 26.7 Å². The van der Waals surface area contributed by atoms with Crippen LogP contribution in [0.5, 0.6) is 17.2 Å². The molecule has 0 aliphatic rings. The van der Waals surface area contributed by atoms with E-state index in [0.29, 0.717) is 22.8 Å². The third-order valence-electron chi connectivity index (χ3n) is 3.24. The van der Waals surface area contributed by atoms with Crippen molar-refractivity contribution in [2.24, 2.45) is 5.73 Å². The molecule has 122 valence electrons. The number of hydrogen-bond acceptors (Lipinski definition) is 7. The van der Waals surface area contributed by atoms with E-state index in [9.17, 15) is 0 Å². The number of nitrogen functional groups attached to an aromatic ring is 2. The topological polar surface area (TPSA) is 122 Å². The van der Waals surface area contributed by atoms with Gasteiger partial charge >= 0.3 is 0 Å². The van der Waals surface area contributed by atoms with Crippen LogP contribution in [0, 0.1) is 0 Å². The molecule has 0 saturated heterocycles. The molecule has 2 rings (SSSR count). The highest BCUT2D eigenvalue weighted by Crippen LogP contribution is 2.37. The van der Waals surface area contributed by atoms with Crippen molar-refractivity contribution in [1.82, 2.24) is 9.97 Å². The molecule has 0 fully saturated rings. The summed E-state index contributed by atoms with van der Waals surface area (Å²) in [5.74, 6) is 1.87. The number of nitrogens with two attached hydrogens (primary N) is 3. The van der Waals surface area contributed by atoms with Crippen molar-refractivity contribution in [1.29, 1.82) is 0 Å². The van der Waals surface area contributed by atoms with Crippen molar-refractivity contribution >= 4 is 29.0 Å². The van der Waals surface area contributed by atoms with E-state index in [1.54, 1.807) is 13.2 Å². The van der Waals surface area contributed by atoms with Crippen LogP contribution in [0.25, 0.3) is 0 Å². The zero-order valence-corrected chi connectivity index (χ0v) is 14.0. The molecule has 23 heavy (non-hydrogen) atoms. The summed E-state index contributed by atoms with van der Waals surface area (Å²) in [7, 11) is 1.56. The van der Waals surface area contributed by atoms with Crippen molar-refractivity contribution in [3.63, 3.8) is 0 Å². The van der Waals surface area contributed by atoms with E-state index >= 15 is 0 Å². The van der Waals surface area contributed by atoms with Gasteiger partial charge in [-0.25, -0.2) is 4.98 Å². The van der Waals surface area contributed by atoms with Gasteiger partial charge in [-0.2, -0.15) is 4.98 Å². The lowest BCUT2D eigenvalue weighted by molar-refractivity contribution is 0.410. The Balaban J connectivity index is 2.55. The SMILES string of the molecule is COc1cc(C(C)C)c(Oc2cnc(N)nc2N)cc1C(N)=S. The molecule has 0 radical (unpaired) electrons. The molecule has 8 heteroatoms. The first-order valence-electron chi connectivity index (χ1n) is 6.91. The molecule has 1 heterocycles. The molecule has 1 aromatic carbocycles. The van der Waals surface area contributed by atoms with Crippen LogP contribution in [0.15, 0.2) is 18.3 Å².